The van der Waals surface area contributed by atoms with Gasteiger partial charge in [-0.05, 0) is 42.1 Å². The van der Waals surface area contributed by atoms with Crippen molar-refractivity contribution in [2.24, 2.45) is 0 Å². The molecule has 0 spiro atoms. The van der Waals surface area contributed by atoms with Gasteiger partial charge in [-0.3, -0.25) is 4.98 Å². The number of halogens is 2. The van der Waals surface area contributed by atoms with E-state index in [-0.39, 0.29) is 0 Å². The number of rotatable bonds is 1. The fourth-order valence-corrected chi connectivity index (χ4v) is 3.55. The van der Waals surface area contributed by atoms with Crippen molar-refractivity contribution in [1.29, 1.82) is 0 Å². The molecular formula is C18H12BF2N3. The highest BCUT2D eigenvalue weighted by Crippen LogP contribution is 2.38. The highest BCUT2D eigenvalue weighted by atomic mass is 19.2. The lowest BCUT2D eigenvalue weighted by Crippen LogP contribution is -2.49. The highest BCUT2D eigenvalue weighted by Gasteiger charge is 2.51. The first-order valence-corrected chi connectivity index (χ1v) is 7.75. The molecule has 0 radical (unpaired) electrons. The molecule has 0 saturated carbocycles. The zero-order valence-electron chi connectivity index (χ0n) is 12.6. The molecule has 24 heavy (non-hydrogen) atoms. The smallest absolute Gasteiger partial charge is 0.396 e. The number of nitrogens with zero attached hydrogens (tertiary/aromatic N) is 3. The van der Waals surface area contributed by atoms with Crippen molar-refractivity contribution >= 4 is 29.7 Å². The first-order valence-electron chi connectivity index (χ1n) is 7.75. The normalized spacial score (nSPS) is 17.8. The minimum Gasteiger partial charge on any atom is -0.396 e. The van der Waals surface area contributed by atoms with Crippen molar-refractivity contribution in [3.63, 3.8) is 0 Å². The molecule has 2 aliphatic rings. The van der Waals surface area contributed by atoms with E-state index in [0.717, 1.165) is 31.0 Å². The predicted molar refractivity (Wildman–Crippen MR) is 91.0 cm³/mol. The fourth-order valence-electron chi connectivity index (χ4n) is 3.55. The van der Waals surface area contributed by atoms with Crippen molar-refractivity contribution in [3.05, 3.63) is 84.0 Å². The van der Waals surface area contributed by atoms with Gasteiger partial charge in [0, 0.05) is 29.4 Å². The lowest BCUT2D eigenvalue weighted by Gasteiger charge is -2.30. The van der Waals surface area contributed by atoms with Crippen molar-refractivity contribution in [1.82, 2.24) is 9.46 Å². The minimum atomic E-state index is -3.85. The molecule has 6 heteroatoms. The minimum absolute atomic E-state index is 0.537. The van der Waals surface area contributed by atoms with Crippen LogP contribution in [0, 0.1) is 0 Å². The summed E-state index contributed by atoms with van der Waals surface area (Å²) >= 11 is 0. The molecular weight excluding hydrogens is 307 g/mol. The predicted octanol–water partition coefficient (Wildman–Crippen LogP) is 3.69. The Morgan fingerprint density at radius 1 is 1.08 bits per heavy atom. The maximum Gasteiger partial charge on any atom is 0.737 e. The first-order chi connectivity index (χ1) is 11.7. The number of aromatic nitrogens is 2. The number of pyridine rings is 1. The van der Waals surface area contributed by atoms with Crippen LogP contribution < -0.4 is 0 Å². The molecule has 0 aliphatic carbocycles. The maximum absolute atomic E-state index is 14.8. The van der Waals surface area contributed by atoms with Crippen molar-refractivity contribution in [2.75, 3.05) is 0 Å². The molecule has 0 amide bonds. The maximum atomic E-state index is 14.8. The molecule has 2 aromatic heterocycles. The molecule has 116 valence electrons. The molecule has 3 nitrogen and oxygen atoms in total. The van der Waals surface area contributed by atoms with E-state index >= 15 is 0 Å². The lowest BCUT2D eigenvalue weighted by atomic mass is 9.86. The Hall–Kier alpha value is -3.02. The summed E-state index contributed by atoms with van der Waals surface area (Å²) in [4.78, 5) is 4.32. The molecule has 0 N–H and O–H groups in total. The van der Waals surface area contributed by atoms with Crippen LogP contribution >= 0.6 is 0 Å². The number of allylic oxidation sites excluding steroid dienone is 2. The van der Waals surface area contributed by atoms with Gasteiger partial charge in [0.05, 0.1) is 11.1 Å². The van der Waals surface area contributed by atoms with E-state index in [9.17, 15) is 8.63 Å². The zero-order chi connectivity index (χ0) is 16.3. The molecule has 0 fully saturated rings. The lowest BCUT2D eigenvalue weighted by molar-refractivity contribution is -0.356. The van der Waals surface area contributed by atoms with Gasteiger partial charge >= 0.3 is 6.97 Å². The van der Waals surface area contributed by atoms with Gasteiger partial charge in [-0.2, -0.15) is 0 Å². The molecule has 0 unspecified atom stereocenters. The van der Waals surface area contributed by atoms with Crippen molar-refractivity contribution < 1.29 is 13.1 Å². The summed E-state index contributed by atoms with van der Waals surface area (Å²) in [5.74, 6) is 0. The average molecular weight is 319 g/mol. The van der Waals surface area contributed by atoms with Crippen LogP contribution in [-0.2, 0) is 0 Å². The van der Waals surface area contributed by atoms with E-state index in [0.29, 0.717) is 11.4 Å². The van der Waals surface area contributed by atoms with E-state index in [1.54, 1.807) is 30.5 Å². The van der Waals surface area contributed by atoms with E-state index in [1.165, 1.54) is 12.4 Å². The summed E-state index contributed by atoms with van der Waals surface area (Å²) in [6, 6.07) is 13.1. The SMILES string of the molecule is F[B-]1(F)n2cccc2C(c2ccc3ncccc3c2)=C2C=CC=[N+]21. The first kappa shape index (κ1) is 13.4. The third-order valence-electron chi connectivity index (χ3n) is 4.63. The van der Waals surface area contributed by atoms with E-state index in [1.807, 2.05) is 30.3 Å². The van der Waals surface area contributed by atoms with Crippen molar-refractivity contribution in [3.8, 4) is 0 Å². The van der Waals surface area contributed by atoms with Crippen LogP contribution in [0.25, 0.3) is 16.5 Å². The second-order valence-electron chi connectivity index (χ2n) is 5.98. The average Bonchev–Trinajstić information content (AvgIpc) is 3.25. The van der Waals surface area contributed by atoms with Gasteiger partial charge in [-0.25, -0.2) is 0 Å². The second kappa shape index (κ2) is 4.51. The molecule has 0 bridgehead atoms. The number of hydrogen-bond acceptors (Lipinski definition) is 1. The summed E-state index contributed by atoms with van der Waals surface area (Å²) in [5, 5.41) is 0.988. The molecule has 3 aromatic rings. The van der Waals surface area contributed by atoms with Gasteiger partial charge < -0.3 is 17.6 Å². The molecule has 5 rings (SSSR count). The third-order valence-corrected chi connectivity index (χ3v) is 4.63. The quantitative estimate of drug-likeness (QED) is 0.627. The molecule has 0 saturated heterocycles. The fraction of sp³-hybridized carbons (Fsp3) is 0. The third kappa shape index (κ3) is 1.65. The number of fused-ring (bicyclic) bond motifs is 3. The largest absolute Gasteiger partial charge is 0.737 e. The zero-order valence-corrected chi connectivity index (χ0v) is 12.6. The Balaban J connectivity index is 1.83. The molecule has 1 aromatic carbocycles. The van der Waals surface area contributed by atoms with Gasteiger partial charge in [0.2, 0.25) is 0 Å². The van der Waals surface area contributed by atoms with Crippen LogP contribution in [-0.4, -0.2) is 27.1 Å². The summed E-state index contributed by atoms with van der Waals surface area (Å²) in [5.41, 5.74) is 3.67. The van der Waals surface area contributed by atoms with Crippen LogP contribution in [0.4, 0.5) is 8.63 Å². The molecule has 2 aliphatic heterocycles. The summed E-state index contributed by atoms with van der Waals surface area (Å²) in [6.45, 7) is -3.85. The Bertz CT molecular complexity index is 1090. The van der Waals surface area contributed by atoms with Crippen molar-refractivity contribution in [2.45, 2.75) is 0 Å². The van der Waals surface area contributed by atoms with Crippen LogP contribution in [0.15, 0.2) is 72.7 Å². The van der Waals surface area contributed by atoms with E-state index in [2.05, 4.69) is 4.98 Å². The van der Waals surface area contributed by atoms with Gasteiger partial charge in [0.15, 0.2) is 5.70 Å². The standard InChI is InChI=1S/C18H12BF2N3/c20-19(21)23-10-2-5-16(23)18(17-6-3-11-24(17)19)14-7-8-15-13(12-14)4-1-9-22-15/h1-12H. The topological polar surface area (TPSA) is 20.8 Å². The summed E-state index contributed by atoms with van der Waals surface area (Å²) in [6.07, 6.45) is 8.05. The van der Waals surface area contributed by atoms with Gasteiger partial charge in [-0.1, -0.05) is 12.1 Å². The monoisotopic (exact) mass is 319 g/mol. The van der Waals surface area contributed by atoms with Crippen LogP contribution in [0.1, 0.15) is 11.3 Å². The van der Waals surface area contributed by atoms with Gasteiger partial charge in [-0.15, -0.1) is 0 Å². The van der Waals surface area contributed by atoms with E-state index in [4.69, 9.17) is 0 Å². The molecule has 4 heterocycles. The Morgan fingerprint density at radius 2 is 2.00 bits per heavy atom. The summed E-state index contributed by atoms with van der Waals surface area (Å²) < 4.78 is 31.7. The van der Waals surface area contributed by atoms with Gasteiger partial charge in [0.25, 0.3) is 0 Å². The Morgan fingerprint density at radius 3 is 2.92 bits per heavy atom. The highest BCUT2D eigenvalue weighted by molar-refractivity contribution is 6.57. The Kier molecular flexibility index (Phi) is 2.52. The summed E-state index contributed by atoms with van der Waals surface area (Å²) in [7, 11) is 0. The van der Waals surface area contributed by atoms with Crippen LogP contribution in [0.5, 0.6) is 0 Å². The number of benzene rings is 1. The molecule has 0 atom stereocenters. The van der Waals surface area contributed by atoms with Crippen LogP contribution in [0.2, 0.25) is 0 Å². The second-order valence-corrected chi connectivity index (χ2v) is 5.98. The van der Waals surface area contributed by atoms with Gasteiger partial charge in [0.1, 0.15) is 6.21 Å². The Labute approximate surface area is 136 Å². The van der Waals surface area contributed by atoms with Crippen LogP contribution in [0.3, 0.4) is 0 Å². The number of hydrogen-bond donors (Lipinski definition) is 0. The van der Waals surface area contributed by atoms with E-state index < -0.39 is 6.97 Å².